The molecular weight excluding hydrogens is 852 g/mol. The summed E-state index contributed by atoms with van der Waals surface area (Å²) >= 11 is 0. The lowest BCUT2D eigenvalue weighted by Gasteiger charge is -2.46. The minimum absolute atomic E-state index is 0.0468. The SMILES string of the molecule is C[C@H]1O[C@H](OC[C@H]2O[C@H](Oc3c(-c4ccc(O)cc4)oc4cc(O[C@H]5O[C@H](C)[C@@H](O)[C@H](O)[C@@H]5O)cc(O)c4c3=O)[C@H](O[C@@H]3O[C@H](CO)[C@@H](O)[C@H](O)[C@H]3O)[C@@H](O)[C@H]2O)[C@@H](O)[C@@H](O)[C@@H]1O. The molecule has 4 fully saturated rings. The molecule has 0 saturated carbocycles. The lowest BCUT2D eigenvalue weighted by Crippen LogP contribution is -2.65. The maximum Gasteiger partial charge on any atom is 0.239 e. The summed E-state index contributed by atoms with van der Waals surface area (Å²) in [6.45, 7) is 1.18. The first-order valence-electron chi connectivity index (χ1n) is 19.8. The molecule has 20 atom stereocenters. The lowest BCUT2D eigenvalue weighted by atomic mass is 9.97. The normalized spacial score (nSPS) is 41.0. The van der Waals surface area contributed by atoms with Crippen LogP contribution in [0.4, 0.5) is 0 Å². The van der Waals surface area contributed by atoms with Gasteiger partial charge in [-0.25, -0.2) is 0 Å². The monoisotopic (exact) mass is 902 g/mol. The molecule has 1 aromatic heterocycles. The van der Waals surface area contributed by atoms with Crippen LogP contribution in [0.25, 0.3) is 22.3 Å². The van der Waals surface area contributed by atoms with E-state index < -0.39 is 164 Å². The second kappa shape index (κ2) is 18.9. The number of aromatic hydroxyl groups is 2. The second-order valence-corrected chi connectivity index (χ2v) is 15.7. The highest BCUT2D eigenvalue weighted by Crippen LogP contribution is 2.40. The molecular formula is C39H50O24. The average Bonchev–Trinajstić information content (AvgIpc) is 3.25. The molecule has 4 aliphatic rings. The van der Waals surface area contributed by atoms with E-state index in [0.29, 0.717) is 0 Å². The first-order valence-corrected chi connectivity index (χ1v) is 19.8. The number of rotatable bonds is 11. The van der Waals surface area contributed by atoms with Crippen molar-refractivity contribution < 1.29 is 114 Å². The number of ether oxygens (including phenoxy) is 8. The number of fused-ring (bicyclic) bond motifs is 1. The molecule has 24 heteroatoms. The van der Waals surface area contributed by atoms with Gasteiger partial charge in [0.05, 0.1) is 25.4 Å². The first-order chi connectivity index (χ1) is 29.8. The molecule has 7 rings (SSSR count). The fraction of sp³-hybridized carbons (Fsp3) is 0.615. The maximum atomic E-state index is 14.5. The number of phenols is 2. The van der Waals surface area contributed by atoms with Gasteiger partial charge in [-0.2, -0.15) is 0 Å². The highest BCUT2D eigenvalue weighted by molar-refractivity contribution is 5.88. The zero-order valence-electron chi connectivity index (χ0n) is 33.3. The van der Waals surface area contributed by atoms with Crippen molar-refractivity contribution >= 4 is 11.0 Å². The van der Waals surface area contributed by atoms with Crippen molar-refractivity contribution in [3.8, 4) is 34.3 Å². The molecule has 350 valence electrons. The summed E-state index contributed by atoms with van der Waals surface area (Å²) in [5.74, 6) is -2.43. The van der Waals surface area contributed by atoms with E-state index in [1.165, 1.54) is 38.1 Å². The quantitative estimate of drug-likeness (QED) is 0.0856. The number of hydrogen-bond acceptors (Lipinski definition) is 24. The van der Waals surface area contributed by atoms with Gasteiger partial charge in [-0.3, -0.25) is 4.79 Å². The van der Waals surface area contributed by atoms with E-state index in [2.05, 4.69) is 0 Å². The third-order valence-electron chi connectivity index (χ3n) is 11.3. The largest absolute Gasteiger partial charge is 0.508 e. The maximum absolute atomic E-state index is 14.5. The van der Waals surface area contributed by atoms with Crippen molar-refractivity contribution in [2.75, 3.05) is 13.2 Å². The molecule has 24 nitrogen and oxygen atoms in total. The van der Waals surface area contributed by atoms with Gasteiger partial charge in [0.1, 0.15) is 108 Å². The standard InChI is InChI=1S/C39H50O24/c1-11-21(43)26(48)30(52)36(56-11)55-10-19-24(46)29(51)35(63-38-32(54)28(50)23(45)18(9-40)60-38)39(61-19)62-34-25(47)20-16(42)7-15(58-37-31(53)27(49)22(44)12(2)57-37)8-17(20)59-33(34)13-3-5-14(41)6-4-13/h3-8,11-12,18-19,21-24,26-32,35-46,48-54H,9-10H2,1-2H3/t11-,12-,18-,19-,21-,22-,23-,24+,26+,27+,28+,29+,30+,31+,32-,35-,36+,37-,38+,39-/m1/s1. The van der Waals surface area contributed by atoms with Crippen molar-refractivity contribution in [2.45, 2.75) is 137 Å². The van der Waals surface area contributed by atoms with Crippen LogP contribution in [0.1, 0.15) is 13.8 Å². The molecule has 0 aliphatic carbocycles. The Balaban J connectivity index is 1.27. The smallest absolute Gasteiger partial charge is 0.239 e. The predicted octanol–water partition coefficient (Wildman–Crippen LogP) is -5.07. The minimum Gasteiger partial charge on any atom is -0.508 e. The van der Waals surface area contributed by atoms with Gasteiger partial charge in [0, 0.05) is 17.7 Å². The first kappa shape index (κ1) is 47.1. The van der Waals surface area contributed by atoms with Crippen molar-refractivity contribution in [2.24, 2.45) is 0 Å². The molecule has 0 amide bonds. The summed E-state index contributed by atoms with van der Waals surface area (Å²) in [4.78, 5) is 14.5. The van der Waals surface area contributed by atoms with Crippen LogP contribution in [0.5, 0.6) is 23.0 Å². The fourth-order valence-electron chi connectivity index (χ4n) is 7.56. The van der Waals surface area contributed by atoms with Crippen LogP contribution in [0.2, 0.25) is 0 Å². The number of aliphatic hydroxyl groups is 12. The Morgan fingerprint density at radius 1 is 0.587 bits per heavy atom. The minimum atomic E-state index is -2.12. The van der Waals surface area contributed by atoms with Crippen molar-refractivity contribution in [1.82, 2.24) is 0 Å². The van der Waals surface area contributed by atoms with E-state index in [1.54, 1.807) is 0 Å². The van der Waals surface area contributed by atoms with Gasteiger partial charge in [-0.1, -0.05) is 0 Å². The number of aliphatic hydroxyl groups excluding tert-OH is 12. The van der Waals surface area contributed by atoms with Gasteiger partial charge in [-0.05, 0) is 38.1 Å². The van der Waals surface area contributed by atoms with E-state index in [1.807, 2.05) is 0 Å². The van der Waals surface area contributed by atoms with Crippen LogP contribution < -0.4 is 14.9 Å². The van der Waals surface area contributed by atoms with Crippen molar-refractivity contribution in [3.05, 3.63) is 46.6 Å². The predicted molar refractivity (Wildman–Crippen MR) is 202 cm³/mol. The summed E-state index contributed by atoms with van der Waals surface area (Å²) < 4.78 is 51.7. The topological polar surface area (TPSA) is 387 Å². The summed E-state index contributed by atoms with van der Waals surface area (Å²) in [5, 5.41) is 147. The van der Waals surface area contributed by atoms with E-state index >= 15 is 0 Å². The van der Waals surface area contributed by atoms with Gasteiger partial charge in [-0.15, -0.1) is 0 Å². The highest BCUT2D eigenvalue weighted by atomic mass is 16.8. The molecule has 0 bridgehead atoms. The second-order valence-electron chi connectivity index (χ2n) is 15.7. The third-order valence-corrected chi connectivity index (χ3v) is 11.3. The summed E-state index contributed by atoms with van der Waals surface area (Å²) in [7, 11) is 0. The van der Waals surface area contributed by atoms with Crippen LogP contribution >= 0.6 is 0 Å². The lowest BCUT2D eigenvalue weighted by molar-refractivity contribution is -0.362. The van der Waals surface area contributed by atoms with Crippen LogP contribution in [0.15, 0.2) is 45.6 Å². The Labute approximate surface area is 355 Å². The van der Waals surface area contributed by atoms with Crippen molar-refractivity contribution in [3.63, 3.8) is 0 Å². The van der Waals surface area contributed by atoms with E-state index in [-0.39, 0.29) is 22.6 Å². The summed E-state index contributed by atoms with van der Waals surface area (Å²) in [6.07, 6.45) is -34.3. The van der Waals surface area contributed by atoms with Crippen LogP contribution in [0, 0.1) is 0 Å². The molecule has 0 radical (unpaired) electrons. The zero-order valence-corrected chi connectivity index (χ0v) is 33.3. The van der Waals surface area contributed by atoms with Gasteiger partial charge in [0.2, 0.25) is 23.8 Å². The van der Waals surface area contributed by atoms with Crippen molar-refractivity contribution in [1.29, 1.82) is 0 Å². The fourth-order valence-corrected chi connectivity index (χ4v) is 7.56. The van der Waals surface area contributed by atoms with Crippen LogP contribution in [-0.4, -0.2) is 208 Å². The average molecular weight is 903 g/mol. The molecule has 5 heterocycles. The Kier molecular flexibility index (Phi) is 14.1. The van der Waals surface area contributed by atoms with Gasteiger partial charge >= 0.3 is 0 Å². The molecule has 4 aliphatic heterocycles. The third kappa shape index (κ3) is 9.19. The molecule has 0 unspecified atom stereocenters. The summed E-state index contributed by atoms with van der Waals surface area (Å²) in [5.41, 5.74) is -1.43. The number of phenolic OH excluding ortho intramolecular Hbond substituents is 2. The van der Waals surface area contributed by atoms with Gasteiger partial charge < -0.3 is 114 Å². The molecule has 63 heavy (non-hydrogen) atoms. The van der Waals surface area contributed by atoms with Gasteiger partial charge in [0.15, 0.2) is 24.4 Å². The molecule has 3 aromatic rings. The van der Waals surface area contributed by atoms with E-state index in [9.17, 15) is 76.3 Å². The zero-order chi connectivity index (χ0) is 45.8. The Hall–Kier alpha value is -3.87. The highest BCUT2D eigenvalue weighted by Gasteiger charge is 2.53. The Bertz CT molecular complexity index is 2080. The van der Waals surface area contributed by atoms with Crippen LogP contribution in [-0.2, 0) is 28.4 Å². The van der Waals surface area contributed by atoms with Gasteiger partial charge in [0.25, 0.3) is 0 Å². The van der Waals surface area contributed by atoms with E-state index in [0.717, 1.165) is 12.1 Å². The molecule has 2 aromatic carbocycles. The van der Waals surface area contributed by atoms with Crippen LogP contribution in [0.3, 0.4) is 0 Å². The molecule has 4 saturated heterocycles. The Morgan fingerprint density at radius 2 is 1.14 bits per heavy atom. The molecule has 14 N–H and O–H groups in total. The number of hydrogen-bond donors (Lipinski definition) is 14. The molecule has 0 spiro atoms. The number of benzene rings is 2. The Morgan fingerprint density at radius 3 is 1.78 bits per heavy atom. The van der Waals surface area contributed by atoms with E-state index in [4.69, 9.17) is 42.3 Å². The summed E-state index contributed by atoms with van der Waals surface area (Å²) in [6, 6.07) is 7.10.